The summed E-state index contributed by atoms with van der Waals surface area (Å²) in [6.45, 7) is 6.80. The standard InChI is InChI=1S/C18H22BrN3O/c1-14-11-22(9-8-20-14)12-15-10-16(19)5-6-18(15)23-13-17-4-2-3-7-21-17/h2-7,10,14,20H,8-9,11-13H2,1H3/t14-/m1/s1. The molecule has 1 aliphatic heterocycles. The molecule has 0 amide bonds. The van der Waals surface area contributed by atoms with Gasteiger partial charge in [0.05, 0.1) is 5.69 Å². The number of hydrogen-bond donors (Lipinski definition) is 1. The van der Waals surface area contributed by atoms with Gasteiger partial charge in [-0.2, -0.15) is 0 Å². The summed E-state index contributed by atoms with van der Waals surface area (Å²) in [7, 11) is 0. The van der Waals surface area contributed by atoms with Crippen molar-refractivity contribution >= 4 is 15.9 Å². The average Bonchev–Trinajstić information content (AvgIpc) is 2.55. The van der Waals surface area contributed by atoms with Crippen LogP contribution in [0, 0.1) is 0 Å². The fourth-order valence-corrected chi connectivity index (χ4v) is 3.25. The Balaban J connectivity index is 1.69. The Bertz CT molecular complexity index is 635. The van der Waals surface area contributed by atoms with Gasteiger partial charge in [0, 0.05) is 48.5 Å². The maximum Gasteiger partial charge on any atom is 0.130 e. The van der Waals surface area contributed by atoms with Crippen LogP contribution in [0.1, 0.15) is 18.2 Å². The first kappa shape index (κ1) is 16.4. The zero-order valence-electron chi connectivity index (χ0n) is 13.3. The molecule has 2 heterocycles. The zero-order valence-corrected chi connectivity index (χ0v) is 14.9. The number of nitrogens with zero attached hydrogens (tertiary/aromatic N) is 2. The number of rotatable bonds is 5. The normalized spacial score (nSPS) is 18.8. The van der Waals surface area contributed by atoms with Gasteiger partial charge in [0.1, 0.15) is 12.4 Å². The van der Waals surface area contributed by atoms with Crippen molar-refractivity contribution in [3.63, 3.8) is 0 Å². The Labute approximate surface area is 146 Å². The first-order valence-corrected chi connectivity index (χ1v) is 8.77. The van der Waals surface area contributed by atoms with Gasteiger partial charge in [0.25, 0.3) is 0 Å². The number of piperazine rings is 1. The van der Waals surface area contributed by atoms with Crippen molar-refractivity contribution < 1.29 is 4.74 Å². The first-order valence-electron chi connectivity index (χ1n) is 7.97. The van der Waals surface area contributed by atoms with E-state index < -0.39 is 0 Å². The summed E-state index contributed by atoms with van der Waals surface area (Å²) < 4.78 is 7.11. The van der Waals surface area contributed by atoms with E-state index in [1.54, 1.807) is 6.20 Å². The molecule has 122 valence electrons. The Morgan fingerprint density at radius 2 is 2.26 bits per heavy atom. The third-order valence-corrected chi connectivity index (χ3v) is 4.46. The quantitative estimate of drug-likeness (QED) is 0.870. The van der Waals surface area contributed by atoms with Gasteiger partial charge in [-0.25, -0.2) is 0 Å². The van der Waals surface area contributed by atoms with E-state index in [0.717, 1.165) is 42.1 Å². The van der Waals surface area contributed by atoms with Crippen molar-refractivity contribution in [3.8, 4) is 5.75 Å². The Kier molecular flexibility index (Phi) is 5.65. The van der Waals surface area contributed by atoms with Gasteiger partial charge in [0.2, 0.25) is 0 Å². The summed E-state index contributed by atoms with van der Waals surface area (Å²) in [4.78, 5) is 6.78. The van der Waals surface area contributed by atoms with Gasteiger partial charge in [0.15, 0.2) is 0 Å². The van der Waals surface area contributed by atoms with E-state index in [9.17, 15) is 0 Å². The number of halogens is 1. The van der Waals surface area contributed by atoms with E-state index in [1.807, 2.05) is 30.3 Å². The van der Waals surface area contributed by atoms with Gasteiger partial charge in [-0.3, -0.25) is 9.88 Å². The smallest absolute Gasteiger partial charge is 0.130 e. The van der Waals surface area contributed by atoms with Gasteiger partial charge in [-0.05, 0) is 37.3 Å². The lowest BCUT2D eigenvalue weighted by atomic mass is 10.1. The van der Waals surface area contributed by atoms with Crippen LogP contribution in [-0.2, 0) is 13.2 Å². The molecular formula is C18H22BrN3O. The van der Waals surface area contributed by atoms with Crippen molar-refractivity contribution in [2.75, 3.05) is 19.6 Å². The largest absolute Gasteiger partial charge is 0.487 e. The SMILES string of the molecule is C[C@@H]1CN(Cc2cc(Br)ccc2OCc2ccccn2)CCN1. The summed E-state index contributed by atoms with van der Waals surface area (Å²) in [6, 6.07) is 12.6. The highest BCUT2D eigenvalue weighted by molar-refractivity contribution is 9.10. The maximum absolute atomic E-state index is 6.02. The number of benzene rings is 1. The third-order valence-electron chi connectivity index (χ3n) is 3.97. The predicted octanol–water partition coefficient (Wildman–Crippen LogP) is 3.22. The van der Waals surface area contributed by atoms with E-state index in [2.05, 4.69) is 44.1 Å². The number of nitrogens with one attached hydrogen (secondary N) is 1. The van der Waals surface area contributed by atoms with E-state index in [-0.39, 0.29) is 0 Å². The Morgan fingerprint density at radius 1 is 1.35 bits per heavy atom. The molecule has 2 aromatic rings. The molecule has 1 saturated heterocycles. The van der Waals surface area contributed by atoms with Crippen molar-refractivity contribution in [1.82, 2.24) is 15.2 Å². The summed E-state index contributed by atoms with van der Waals surface area (Å²) in [6.07, 6.45) is 1.79. The molecule has 1 fully saturated rings. The van der Waals surface area contributed by atoms with Crippen molar-refractivity contribution in [2.24, 2.45) is 0 Å². The van der Waals surface area contributed by atoms with Crippen LogP contribution in [0.3, 0.4) is 0 Å². The van der Waals surface area contributed by atoms with Gasteiger partial charge in [-0.15, -0.1) is 0 Å². The molecule has 0 unspecified atom stereocenters. The molecule has 0 saturated carbocycles. The number of hydrogen-bond acceptors (Lipinski definition) is 4. The highest BCUT2D eigenvalue weighted by Gasteiger charge is 2.17. The molecule has 23 heavy (non-hydrogen) atoms. The fourth-order valence-electron chi connectivity index (χ4n) is 2.84. The number of ether oxygens (including phenoxy) is 1. The van der Waals surface area contributed by atoms with E-state index >= 15 is 0 Å². The van der Waals surface area contributed by atoms with Crippen LogP contribution < -0.4 is 10.1 Å². The molecule has 1 aromatic carbocycles. The minimum Gasteiger partial charge on any atom is -0.487 e. The topological polar surface area (TPSA) is 37.4 Å². The van der Waals surface area contributed by atoms with Crippen LogP contribution in [0.5, 0.6) is 5.75 Å². The monoisotopic (exact) mass is 375 g/mol. The summed E-state index contributed by atoms with van der Waals surface area (Å²) >= 11 is 3.57. The lowest BCUT2D eigenvalue weighted by Crippen LogP contribution is -2.48. The molecule has 1 aliphatic rings. The summed E-state index contributed by atoms with van der Waals surface area (Å²) in [5, 5.41) is 3.48. The van der Waals surface area contributed by atoms with Crippen LogP contribution >= 0.6 is 15.9 Å². The van der Waals surface area contributed by atoms with Crippen molar-refractivity contribution in [1.29, 1.82) is 0 Å². The second-order valence-corrected chi connectivity index (χ2v) is 6.87. The molecule has 0 bridgehead atoms. The highest BCUT2D eigenvalue weighted by atomic mass is 79.9. The van der Waals surface area contributed by atoms with Crippen LogP contribution in [0.2, 0.25) is 0 Å². The number of pyridine rings is 1. The molecule has 0 spiro atoms. The second kappa shape index (κ2) is 7.90. The Hall–Kier alpha value is -1.43. The molecule has 1 N–H and O–H groups in total. The van der Waals surface area contributed by atoms with Gasteiger partial charge in [-0.1, -0.05) is 22.0 Å². The average molecular weight is 376 g/mol. The summed E-state index contributed by atoms with van der Waals surface area (Å²) in [5.74, 6) is 0.935. The van der Waals surface area contributed by atoms with Crippen LogP contribution in [-0.4, -0.2) is 35.6 Å². The molecular weight excluding hydrogens is 354 g/mol. The third kappa shape index (κ3) is 4.77. The fraction of sp³-hybridized carbons (Fsp3) is 0.389. The lowest BCUT2D eigenvalue weighted by Gasteiger charge is -2.32. The predicted molar refractivity (Wildman–Crippen MR) is 95.5 cm³/mol. The summed E-state index contributed by atoms with van der Waals surface area (Å²) in [5.41, 5.74) is 2.15. The van der Waals surface area contributed by atoms with Crippen LogP contribution in [0.4, 0.5) is 0 Å². The highest BCUT2D eigenvalue weighted by Crippen LogP contribution is 2.25. The van der Waals surface area contributed by atoms with Gasteiger partial charge >= 0.3 is 0 Å². The van der Waals surface area contributed by atoms with E-state index in [4.69, 9.17) is 4.74 Å². The first-order chi connectivity index (χ1) is 11.2. The second-order valence-electron chi connectivity index (χ2n) is 5.95. The van der Waals surface area contributed by atoms with Crippen LogP contribution in [0.25, 0.3) is 0 Å². The molecule has 1 aromatic heterocycles. The number of aromatic nitrogens is 1. The minimum absolute atomic E-state index is 0.493. The van der Waals surface area contributed by atoms with Crippen molar-refractivity contribution in [3.05, 3.63) is 58.3 Å². The van der Waals surface area contributed by atoms with Crippen molar-refractivity contribution in [2.45, 2.75) is 26.1 Å². The lowest BCUT2D eigenvalue weighted by molar-refractivity contribution is 0.195. The molecule has 0 radical (unpaired) electrons. The molecule has 1 atom stereocenters. The van der Waals surface area contributed by atoms with E-state index in [0.29, 0.717) is 12.6 Å². The molecule has 0 aliphatic carbocycles. The molecule has 4 nitrogen and oxygen atoms in total. The Morgan fingerprint density at radius 3 is 3.04 bits per heavy atom. The maximum atomic E-state index is 6.02. The van der Waals surface area contributed by atoms with E-state index in [1.165, 1.54) is 5.56 Å². The molecule has 3 rings (SSSR count). The molecule has 5 heteroatoms. The minimum atomic E-state index is 0.493. The van der Waals surface area contributed by atoms with Crippen LogP contribution in [0.15, 0.2) is 47.1 Å². The zero-order chi connectivity index (χ0) is 16.1. The van der Waals surface area contributed by atoms with Gasteiger partial charge < -0.3 is 10.1 Å².